The first-order valence-corrected chi connectivity index (χ1v) is 11.7. The number of Topliss-reactive ketones (excluding diaryl/α,β-unsaturated/α-hetero) is 1. The molecule has 0 heterocycles. The van der Waals surface area contributed by atoms with Crippen LogP contribution in [0.3, 0.4) is 0 Å². The van der Waals surface area contributed by atoms with Gasteiger partial charge in [-0.3, -0.25) is 4.79 Å². The van der Waals surface area contributed by atoms with Crippen molar-refractivity contribution in [3.63, 3.8) is 0 Å². The second kappa shape index (κ2) is 14.9. The van der Waals surface area contributed by atoms with E-state index in [1.807, 2.05) is 33.8 Å². The van der Waals surface area contributed by atoms with Gasteiger partial charge in [0.15, 0.2) is 12.6 Å². The first-order valence-electron chi connectivity index (χ1n) is 11.7. The topological polar surface area (TPSA) is 54.0 Å². The molecule has 0 saturated heterocycles. The normalized spacial score (nSPS) is 26.1. The second-order valence-electron chi connectivity index (χ2n) is 8.20. The predicted octanol–water partition coefficient (Wildman–Crippen LogP) is 5.69. The fraction of sp³-hybridized carbons (Fsp3) is 0.800. The summed E-state index contributed by atoms with van der Waals surface area (Å²) in [5, 5.41) is 0. The van der Waals surface area contributed by atoms with Crippen LogP contribution in [0.25, 0.3) is 0 Å². The maximum Gasteiger partial charge on any atom is 0.155 e. The van der Waals surface area contributed by atoms with Crippen molar-refractivity contribution in [3.8, 4) is 0 Å². The third kappa shape index (κ3) is 9.01. The molecular formula is C25H44O5. The van der Waals surface area contributed by atoms with Crippen LogP contribution in [-0.4, -0.2) is 43.8 Å². The molecule has 1 aliphatic carbocycles. The van der Waals surface area contributed by atoms with Gasteiger partial charge in [-0.25, -0.2) is 0 Å². The summed E-state index contributed by atoms with van der Waals surface area (Å²) in [5.41, 5.74) is 0. The molecule has 0 amide bonds. The fourth-order valence-electron chi connectivity index (χ4n) is 4.14. The minimum absolute atomic E-state index is 0.00900. The lowest BCUT2D eigenvalue weighted by atomic mass is 9.89. The van der Waals surface area contributed by atoms with Gasteiger partial charge >= 0.3 is 0 Å². The second-order valence-corrected chi connectivity index (χ2v) is 8.20. The lowest BCUT2D eigenvalue weighted by Gasteiger charge is -2.27. The Morgan fingerprint density at radius 3 is 2.37 bits per heavy atom. The zero-order chi connectivity index (χ0) is 22.5. The van der Waals surface area contributed by atoms with Crippen LogP contribution in [0, 0.1) is 17.8 Å². The van der Waals surface area contributed by atoms with Gasteiger partial charge in [-0.15, -0.1) is 6.58 Å². The number of carbonyl (C=O) groups is 1. The van der Waals surface area contributed by atoms with Crippen molar-refractivity contribution in [1.82, 2.24) is 0 Å². The average molecular weight is 425 g/mol. The SMILES string of the molecule is C=CC[C@H]1C(=O)C[C@@H](OC(C)OCC)[C@@H]1C=C[C@@H](OC(C)OCC)C(C)CCCC. The van der Waals surface area contributed by atoms with Gasteiger partial charge in [0.05, 0.1) is 12.2 Å². The van der Waals surface area contributed by atoms with Crippen LogP contribution in [0.1, 0.15) is 73.6 Å². The highest BCUT2D eigenvalue weighted by Crippen LogP contribution is 2.36. The highest BCUT2D eigenvalue weighted by molar-refractivity contribution is 5.84. The van der Waals surface area contributed by atoms with Gasteiger partial charge in [0.2, 0.25) is 0 Å². The first-order chi connectivity index (χ1) is 14.4. The molecule has 1 fully saturated rings. The summed E-state index contributed by atoms with van der Waals surface area (Å²) < 4.78 is 23.5. The zero-order valence-electron chi connectivity index (χ0n) is 20.0. The number of rotatable bonds is 16. The molecule has 5 heteroatoms. The van der Waals surface area contributed by atoms with Crippen LogP contribution in [-0.2, 0) is 23.7 Å². The third-order valence-corrected chi connectivity index (χ3v) is 5.75. The molecule has 0 bridgehead atoms. The Morgan fingerprint density at radius 2 is 1.77 bits per heavy atom. The molecule has 0 aromatic carbocycles. The van der Waals surface area contributed by atoms with E-state index < -0.39 is 0 Å². The molecule has 5 nitrogen and oxygen atoms in total. The van der Waals surface area contributed by atoms with E-state index in [2.05, 4.69) is 32.6 Å². The highest BCUT2D eigenvalue weighted by Gasteiger charge is 2.41. The van der Waals surface area contributed by atoms with E-state index in [9.17, 15) is 4.79 Å². The Bertz CT molecular complexity index is 518. The summed E-state index contributed by atoms with van der Waals surface area (Å²) in [6.45, 7) is 17.2. The zero-order valence-corrected chi connectivity index (χ0v) is 20.0. The molecule has 1 saturated carbocycles. The largest absolute Gasteiger partial charge is 0.353 e. The van der Waals surface area contributed by atoms with Crippen LogP contribution in [0.5, 0.6) is 0 Å². The van der Waals surface area contributed by atoms with Crippen LogP contribution in [0.2, 0.25) is 0 Å². The molecular weight excluding hydrogens is 380 g/mol. The van der Waals surface area contributed by atoms with E-state index in [0.29, 0.717) is 32.0 Å². The van der Waals surface area contributed by atoms with E-state index in [1.165, 1.54) is 0 Å². The molecule has 0 spiro atoms. The Morgan fingerprint density at radius 1 is 1.10 bits per heavy atom. The fourth-order valence-corrected chi connectivity index (χ4v) is 4.14. The molecule has 0 N–H and O–H groups in total. The van der Waals surface area contributed by atoms with E-state index in [0.717, 1.165) is 19.3 Å². The van der Waals surface area contributed by atoms with Gasteiger partial charge in [0.1, 0.15) is 5.78 Å². The molecule has 30 heavy (non-hydrogen) atoms. The average Bonchev–Trinajstić information content (AvgIpc) is 2.98. The summed E-state index contributed by atoms with van der Waals surface area (Å²) in [5.74, 6) is 0.483. The van der Waals surface area contributed by atoms with Gasteiger partial charge in [-0.2, -0.15) is 0 Å². The Labute approximate surface area is 184 Å². The smallest absolute Gasteiger partial charge is 0.155 e. The van der Waals surface area contributed by atoms with Crippen LogP contribution >= 0.6 is 0 Å². The van der Waals surface area contributed by atoms with Crippen molar-refractivity contribution in [3.05, 3.63) is 24.8 Å². The lowest BCUT2D eigenvalue weighted by Crippen LogP contribution is -2.29. The van der Waals surface area contributed by atoms with E-state index in [1.54, 1.807) is 0 Å². The van der Waals surface area contributed by atoms with E-state index >= 15 is 0 Å². The summed E-state index contributed by atoms with van der Waals surface area (Å²) in [7, 11) is 0. The first kappa shape index (κ1) is 27.0. The maximum atomic E-state index is 12.7. The Hall–Kier alpha value is -1.01. The summed E-state index contributed by atoms with van der Waals surface area (Å²) >= 11 is 0. The van der Waals surface area contributed by atoms with Gasteiger partial charge in [0.25, 0.3) is 0 Å². The minimum atomic E-state index is -0.334. The minimum Gasteiger partial charge on any atom is -0.353 e. The van der Waals surface area contributed by atoms with Crippen LogP contribution in [0.4, 0.5) is 0 Å². The van der Waals surface area contributed by atoms with Gasteiger partial charge in [-0.1, -0.05) is 44.9 Å². The molecule has 3 unspecified atom stereocenters. The highest BCUT2D eigenvalue weighted by atomic mass is 16.7. The van der Waals surface area contributed by atoms with Gasteiger partial charge in [0, 0.05) is 31.5 Å². The van der Waals surface area contributed by atoms with Gasteiger partial charge in [-0.05, 0) is 46.5 Å². The van der Waals surface area contributed by atoms with Gasteiger partial charge < -0.3 is 18.9 Å². The number of ether oxygens (including phenoxy) is 4. The Kier molecular flexibility index (Phi) is 13.4. The summed E-state index contributed by atoms with van der Waals surface area (Å²) in [6.07, 6.45) is 9.71. The summed E-state index contributed by atoms with van der Waals surface area (Å²) in [6, 6.07) is 0. The quantitative estimate of drug-likeness (QED) is 0.235. The molecule has 0 aromatic rings. The van der Waals surface area contributed by atoms with Crippen molar-refractivity contribution in [1.29, 1.82) is 0 Å². The van der Waals surface area contributed by atoms with E-state index in [4.69, 9.17) is 18.9 Å². The number of hydrogen-bond donors (Lipinski definition) is 0. The van der Waals surface area contributed by atoms with Crippen LogP contribution in [0.15, 0.2) is 24.8 Å². The molecule has 7 atom stereocenters. The predicted molar refractivity (Wildman–Crippen MR) is 121 cm³/mol. The van der Waals surface area contributed by atoms with Crippen molar-refractivity contribution in [2.75, 3.05) is 13.2 Å². The molecule has 0 aliphatic heterocycles. The third-order valence-electron chi connectivity index (χ3n) is 5.75. The number of ketones is 1. The maximum absolute atomic E-state index is 12.7. The van der Waals surface area contributed by atoms with Crippen molar-refractivity contribution in [2.45, 2.75) is 98.4 Å². The molecule has 0 aromatic heterocycles. The lowest BCUT2D eigenvalue weighted by molar-refractivity contribution is -0.163. The number of unbranched alkanes of at least 4 members (excludes halogenated alkanes) is 1. The monoisotopic (exact) mass is 424 g/mol. The number of allylic oxidation sites excluding steroid dienone is 1. The van der Waals surface area contributed by atoms with E-state index in [-0.39, 0.29) is 42.4 Å². The molecule has 1 aliphatic rings. The molecule has 174 valence electrons. The van der Waals surface area contributed by atoms with Crippen molar-refractivity contribution < 1.29 is 23.7 Å². The number of carbonyl (C=O) groups excluding carboxylic acids is 1. The van der Waals surface area contributed by atoms with Crippen LogP contribution < -0.4 is 0 Å². The van der Waals surface area contributed by atoms with Crippen molar-refractivity contribution in [2.24, 2.45) is 17.8 Å². The standard InChI is InChI=1S/C25H44O5/c1-8-12-14-18(5)24(29-19(6)27-10-3)16-15-22-21(13-9-2)23(26)17-25(22)30-20(7)28-11-4/h9,15-16,18-22,24-25H,2,8,10-14,17H2,1,3-7H3/t18?,19?,20?,21-,22-,24-,25-/m1/s1. The number of hydrogen-bond acceptors (Lipinski definition) is 5. The van der Waals surface area contributed by atoms with Crippen molar-refractivity contribution >= 4 is 5.78 Å². The summed E-state index contributed by atoms with van der Waals surface area (Å²) in [4.78, 5) is 12.7. The Balaban J connectivity index is 3.00. The molecule has 0 radical (unpaired) electrons. The molecule has 1 rings (SSSR count).